The van der Waals surface area contributed by atoms with Crippen LogP contribution in [0.15, 0.2) is 42.6 Å². The molecule has 1 saturated heterocycles. The van der Waals surface area contributed by atoms with E-state index in [9.17, 15) is 4.79 Å². The number of aromatic nitrogens is 3. The van der Waals surface area contributed by atoms with E-state index in [0.717, 1.165) is 42.5 Å². The van der Waals surface area contributed by atoms with Crippen molar-refractivity contribution >= 4 is 35.4 Å². The van der Waals surface area contributed by atoms with Crippen molar-refractivity contribution in [1.82, 2.24) is 15.0 Å². The first-order valence-electron chi connectivity index (χ1n) is 9.47. The number of halogens is 1. The fourth-order valence-electron chi connectivity index (χ4n) is 4.28. The Morgan fingerprint density at radius 2 is 2.07 bits per heavy atom. The van der Waals surface area contributed by atoms with Gasteiger partial charge in [0.15, 0.2) is 0 Å². The van der Waals surface area contributed by atoms with Crippen molar-refractivity contribution in [2.75, 3.05) is 11.4 Å². The molecule has 1 N–H and O–H groups in total. The van der Waals surface area contributed by atoms with Crippen LogP contribution < -0.4 is 4.90 Å². The Balaban J connectivity index is 0.00000205. The molecule has 7 nitrogen and oxygen atoms in total. The van der Waals surface area contributed by atoms with E-state index in [1.807, 2.05) is 30.3 Å². The summed E-state index contributed by atoms with van der Waals surface area (Å²) >= 11 is 0. The number of hydrogen-bond acceptors (Lipinski definition) is 5. The van der Waals surface area contributed by atoms with Gasteiger partial charge in [-0.3, -0.25) is 4.90 Å². The summed E-state index contributed by atoms with van der Waals surface area (Å²) in [6.45, 7) is 0.543. The van der Waals surface area contributed by atoms with Crippen molar-refractivity contribution in [2.45, 2.75) is 37.2 Å². The molecule has 1 amide bonds. The third-order valence-corrected chi connectivity index (χ3v) is 5.81. The molecule has 2 aromatic heterocycles. The number of benzene rings is 1. The van der Waals surface area contributed by atoms with Crippen LogP contribution in [0.1, 0.15) is 43.0 Å². The molecule has 1 aromatic carbocycles. The van der Waals surface area contributed by atoms with E-state index in [1.165, 1.54) is 0 Å². The number of nitrogens with one attached hydrogen (secondary N) is 1. The van der Waals surface area contributed by atoms with E-state index in [2.05, 4.69) is 16.0 Å². The van der Waals surface area contributed by atoms with Gasteiger partial charge < -0.3 is 9.72 Å². The van der Waals surface area contributed by atoms with Crippen LogP contribution in [0.25, 0.3) is 11.0 Å². The monoisotopic (exact) mass is 409 g/mol. The van der Waals surface area contributed by atoms with E-state index in [4.69, 9.17) is 15.0 Å². The van der Waals surface area contributed by atoms with Crippen molar-refractivity contribution in [2.24, 2.45) is 0 Å². The van der Waals surface area contributed by atoms with Crippen molar-refractivity contribution in [3.63, 3.8) is 0 Å². The second-order valence-electron chi connectivity index (χ2n) is 7.57. The summed E-state index contributed by atoms with van der Waals surface area (Å²) in [7, 11) is 0. The summed E-state index contributed by atoms with van der Waals surface area (Å²) < 4.78 is 5.81. The first-order chi connectivity index (χ1) is 13.7. The number of rotatable bonds is 2. The fraction of sp³-hybridized carbons (Fsp3) is 0.333. The molecule has 29 heavy (non-hydrogen) atoms. The predicted octanol–water partition coefficient (Wildman–Crippen LogP) is 4.30. The van der Waals surface area contributed by atoms with E-state index >= 15 is 0 Å². The molecular formula is C21H20ClN5O2. The predicted molar refractivity (Wildman–Crippen MR) is 110 cm³/mol. The molecule has 8 heteroatoms. The number of carbonyl (C=O) groups is 1. The molecule has 1 spiro atoms. The number of carbonyl (C=O) groups excluding carboxylic acids is 1. The molecule has 0 radical (unpaired) electrons. The first kappa shape index (κ1) is 19.2. The van der Waals surface area contributed by atoms with Crippen molar-refractivity contribution < 1.29 is 9.53 Å². The third-order valence-electron chi connectivity index (χ3n) is 5.81. The number of H-pyrrole nitrogens is 1. The molecule has 1 aliphatic heterocycles. The van der Waals surface area contributed by atoms with Gasteiger partial charge in [0.25, 0.3) is 0 Å². The number of pyridine rings is 1. The Bertz CT molecular complexity index is 1080. The average Bonchev–Trinajstić information content (AvgIpc) is 3.29. The van der Waals surface area contributed by atoms with E-state index < -0.39 is 5.60 Å². The normalized spacial score (nSPS) is 23.6. The Morgan fingerprint density at radius 3 is 2.79 bits per heavy atom. The highest BCUT2D eigenvalue weighted by Gasteiger charge is 2.48. The maximum absolute atomic E-state index is 12.4. The summed E-state index contributed by atoms with van der Waals surface area (Å²) in [4.78, 5) is 26.4. The van der Waals surface area contributed by atoms with Gasteiger partial charge in [-0.25, -0.2) is 14.8 Å². The molecule has 1 aliphatic carbocycles. The molecule has 148 valence electrons. The van der Waals surface area contributed by atoms with Crippen LogP contribution in [0.2, 0.25) is 0 Å². The summed E-state index contributed by atoms with van der Waals surface area (Å²) in [6.07, 6.45) is 4.76. The van der Waals surface area contributed by atoms with Crippen LogP contribution in [0.5, 0.6) is 0 Å². The molecule has 2 fully saturated rings. The molecule has 2 aliphatic rings. The second-order valence-corrected chi connectivity index (χ2v) is 7.57. The van der Waals surface area contributed by atoms with Gasteiger partial charge in [-0.2, -0.15) is 5.26 Å². The lowest BCUT2D eigenvalue weighted by Gasteiger charge is -2.34. The lowest BCUT2D eigenvalue weighted by atomic mass is 9.78. The summed E-state index contributed by atoms with van der Waals surface area (Å²) in [6, 6.07) is 13.2. The fourth-order valence-corrected chi connectivity index (χ4v) is 4.28. The average molecular weight is 410 g/mol. The zero-order valence-corrected chi connectivity index (χ0v) is 16.5. The summed E-state index contributed by atoms with van der Waals surface area (Å²) in [5.41, 5.74) is 1.94. The van der Waals surface area contributed by atoms with E-state index in [0.29, 0.717) is 23.8 Å². The van der Waals surface area contributed by atoms with Crippen LogP contribution >= 0.6 is 12.4 Å². The number of fused-ring (bicyclic) bond motifs is 1. The Kier molecular flexibility index (Phi) is 4.89. The highest BCUT2D eigenvalue weighted by atomic mass is 35.5. The minimum atomic E-state index is -0.439. The molecule has 0 atom stereocenters. The molecule has 1 saturated carbocycles. The van der Waals surface area contributed by atoms with Gasteiger partial charge in [-0.15, -0.1) is 12.4 Å². The van der Waals surface area contributed by atoms with Crippen LogP contribution in [-0.4, -0.2) is 33.2 Å². The van der Waals surface area contributed by atoms with Gasteiger partial charge in [0.1, 0.15) is 17.2 Å². The van der Waals surface area contributed by atoms with Crippen LogP contribution in [0, 0.1) is 11.3 Å². The summed E-state index contributed by atoms with van der Waals surface area (Å²) in [5.74, 6) is 1.88. The van der Waals surface area contributed by atoms with Crippen molar-refractivity contribution in [3.05, 3.63) is 54.0 Å². The number of hydrogen-bond donors (Lipinski definition) is 1. The number of nitrogens with zero attached hydrogens (tertiary/aromatic N) is 4. The molecule has 0 bridgehead atoms. The molecule has 0 unspecified atom stereocenters. The Labute approximate surface area is 174 Å². The number of ether oxygens (including phenoxy) is 1. The molecule has 3 heterocycles. The van der Waals surface area contributed by atoms with Gasteiger partial charge in [-0.05, 0) is 56.0 Å². The topological polar surface area (TPSA) is 94.9 Å². The standard InChI is InChI=1S/C21H19N5O2.ClH/c22-12-14-4-5-16-17(11-14)25-19(24-16)15-6-8-21(9-7-15)13-26(20(27)28-21)18-3-1-2-10-23-18;/h1-5,10-11,15H,6-9,13H2,(H,24,25);1H. The maximum atomic E-state index is 12.4. The van der Waals surface area contributed by atoms with Gasteiger partial charge in [-0.1, -0.05) is 6.07 Å². The molecule has 5 rings (SSSR count). The number of nitriles is 1. The van der Waals surface area contributed by atoms with Crippen LogP contribution in [-0.2, 0) is 4.74 Å². The number of aromatic amines is 1. The number of imidazole rings is 1. The quantitative estimate of drug-likeness (QED) is 0.680. The first-order valence-corrected chi connectivity index (χ1v) is 9.47. The summed E-state index contributed by atoms with van der Waals surface area (Å²) in [5, 5.41) is 9.06. The number of anilines is 1. The van der Waals surface area contributed by atoms with Crippen LogP contribution in [0.4, 0.5) is 10.6 Å². The lowest BCUT2D eigenvalue weighted by molar-refractivity contribution is 0.0208. The van der Waals surface area contributed by atoms with Crippen molar-refractivity contribution in [1.29, 1.82) is 5.26 Å². The van der Waals surface area contributed by atoms with Gasteiger partial charge in [0.05, 0.1) is 29.2 Å². The zero-order valence-electron chi connectivity index (χ0n) is 15.7. The Hall–Kier alpha value is -3.11. The van der Waals surface area contributed by atoms with Gasteiger partial charge in [0.2, 0.25) is 0 Å². The minimum Gasteiger partial charge on any atom is -0.441 e. The zero-order chi connectivity index (χ0) is 19.1. The van der Waals surface area contributed by atoms with E-state index in [-0.39, 0.29) is 18.5 Å². The third kappa shape index (κ3) is 3.40. The second kappa shape index (κ2) is 7.37. The number of amides is 1. The maximum Gasteiger partial charge on any atom is 0.416 e. The largest absolute Gasteiger partial charge is 0.441 e. The minimum absolute atomic E-state index is 0. The smallest absolute Gasteiger partial charge is 0.416 e. The lowest BCUT2D eigenvalue weighted by Crippen LogP contribution is -2.38. The van der Waals surface area contributed by atoms with Gasteiger partial charge >= 0.3 is 6.09 Å². The highest BCUT2D eigenvalue weighted by Crippen LogP contribution is 2.43. The molecule has 3 aromatic rings. The van der Waals surface area contributed by atoms with E-state index in [1.54, 1.807) is 17.2 Å². The molecular weight excluding hydrogens is 390 g/mol. The Morgan fingerprint density at radius 1 is 1.24 bits per heavy atom. The van der Waals surface area contributed by atoms with Gasteiger partial charge in [0, 0.05) is 12.1 Å². The highest BCUT2D eigenvalue weighted by molar-refractivity contribution is 5.89. The SMILES string of the molecule is Cl.N#Cc1ccc2[nH]c(C3CCC4(CC3)CN(c3ccccn3)C(=O)O4)nc2c1. The van der Waals surface area contributed by atoms with Crippen molar-refractivity contribution in [3.8, 4) is 6.07 Å². The van der Waals surface area contributed by atoms with Crippen LogP contribution in [0.3, 0.4) is 0 Å².